The molecular weight excluding hydrogens is 279 g/mol. The highest BCUT2D eigenvalue weighted by Gasteiger charge is 2.20. The van der Waals surface area contributed by atoms with E-state index in [2.05, 4.69) is 0 Å². The Kier molecular flexibility index (Phi) is 3.64. The van der Waals surface area contributed by atoms with E-state index in [9.17, 15) is 9.50 Å². The van der Waals surface area contributed by atoms with Crippen molar-refractivity contribution >= 4 is 11.6 Å². The topological polar surface area (TPSA) is 29.5 Å². The van der Waals surface area contributed by atoms with Crippen molar-refractivity contribution in [3.8, 4) is 5.75 Å². The minimum absolute atomic E-state index is 0.220. The van der Waals surface area contributed by atoms with Gasteiger partial charge in [0.1, 0.15) is 18.2 Å². The zero-order valence-electron chi connectivity index (χ0n) is 10.8. The van der Waals surface area contributed by atoms with Gasteiger partial charge in [0.2, 0.25) is 0 Å². The number of aliphatic hydroxyl groups is 1. The molecule has 0 saturated carbocycles. The van der Waals surface area contributed by atoms with Gasteiger partial charge in [-0.05, 0) is 54.3 Å². The van der Waals surface area contributed by atoms with Crippen molar-refractivity contribution in [3.63, 3.8) is 0 Å². The van der Waals surface area contributed by atoms with Gasteiger partial charge in [0.25, 0.3) is 0 Å². The molecule has 0 heterocycles. The molecule has 2 aromatic rings. The van der Waals surface area contributed by atoms with E-state index in [0.29, 0.717) is 16.3 Å². The average Bonchev–Trinajstić information content (AvgIpc) is 2.81. The fourth-order valence-corrected chi connectivity index (χ4v) is 2.65. The number of halogens is 2. The molecule has 1 unspecified atom stereocenters. The molecule has 1 aliphatic carbocycles. The summed E-state index contributed by atoms with van der Waals surface area (Å²) < 4.78 is 18.8. The summed E-state index contributed by atoms with van der Waals surface area (Å²) in [7, 11) is 0. The first-order chi connectivity index (χ1) is 9.63. The zero-order chi connectivity index (χ0) is 14.1. The third-order valence-electron chi connectivity index (χ3n) is 3.56. The van der Waals surface area contributed by atoms with E-state index < -0.39 is 0 Å². The smallest absolute Gasteiger partial charge is 0.123 e. The van der Waals surface area contributed by atoms with Crippen LogP contribution in [-0.4, -0.2) is 5.11 Å². The molecule has 3 rings (SSSR count). The summed E-state index contributed by atoms with van der Waals surface area (Å²) >= 11 is 6.00. The standard InChI is InChI=1S/C16H14ClFO2/c17-15-5-2-12(18)7-11(15)9-20-13-3-4-14-10(8-13)1-6-16(14)19/h2-5,7-8,16,19H,1,6,9H2. The Hall–Kier alpha value is -1.58. The third-order valence-corrected chi connectivity index (χ3v) is 3.93. The summed E-state index contributed by atoms with van der Waals surface area (Å²) in [5.74, 6) is 0.378. The maximum atomic E-state index is 13.2. The highest BCUT2D eigenvalue weighted by atomic mass is 35.5. The molecule has 0 radical (unpaired) electrons. The fourth-order valence-electron chi connectivity index (χ4n) is 2.48. The highest BCUT2D eigenvalue weighted by Crippen LogP contribution is 2.33. The summed E-state index contributed by atoms with van der Waals surface area (Å²) in [4.78, 5) is 0. The van der Waals surface area contributed by atoms with Crippen molar-refractivity contribution < 1.29 is 14.2 Å². The van der Waals surface area contributed by atoms with Crippen LogP contribution in [0.3, 0.4) is 0 Å². The molecule has 2 aromatic carbocycles. The first-order valence-corrected chi connectivity index (χ1v) is 6.89. The Morgan fingerprint density at radius 1 is 1.25 bits per heavy atom. The first-order valence-electron chi connectivity index (χ1n) is 6.51. The number of benzene rings is 2. The Balaban J connectivity index is 1.74. The molecule has 1 atom stereocenters. The average molecular weight is 293 g/mol. The molecule has 0 amide bonds. The van der Waals surface area contributed by atoms with Gasteiger partial charge in [0, 0.05) is 10.6 Å². The normalized spacial score (nSPS) is 17.1. The van der Waals surface area contributed by atoms with Crippen LogP contribution in [-0.2, 0) is 13.0 Å². The fraction of sp³-hybridized carbons (Fsp3) is 0.250. The van der Waals surface area contributed by atoms with Crippen molar-refractivity contribution in [2.45, 2.75) is 25.6 Å². The van der Waals surface area contributed by atoms with Crippen LogP contribution < -0.4 is 4.74 Å². The predicted octanol–water partition coefficient (Wildman–Crippen LogP) is 4.04. The number of aliphatic hydroxyl groups excluding tert-OH is 1. The second-order valence-corrected chi connectivity index (χ2v) is 5.35. The van der Waals surface area contributed by atoms with E-state index in [4.69, 9.17) is 16.3 Å². The summed E-state index contributed by atoms with van der Waals surface area (Å²) in [6, 6.07) is 9.85. The number of ether oxygens (including phenoxy) is 1. The Bertz CT molecular complexity index is 642. The van der Waals surface area contributed by atoms with Gasteiger partial charge in [-0.25, -0.2) is 4.39 Å². The quantitative estimate of drug-likeness (QED) is 0.925. The Morgan fingerprint density at radius 2 is 2.10 bits per heavy atom. The molecular formula is C16H14ClFO2. The summed E-state index contributed by atoms with van der Waals surface area (Å²) in [5.41, 5.74) is 2.70. The van der Waals surface area contributed by atoms with Crippen molar-refractivity contribution in [2.75, 3.05) is 0 Å². The van der Waals surface area contributed by atoms with Gasteiger partial charge in [0.05, 0.1) is 6.10 Å². The van der Waals surface area contributed by atoms with Crippen molar-refractivity contribution in [3.05, 3.63) is 63.9 Å². The number of aryl methyl sites for hydroxylation is 1. The summed E-state index contributed by atoms with van der Waals surface area (Å²) in [5, 5.41) is 10.2. The van der Waals surface area contributed by atoms with Gasteiger partial charge in [-0.3, -0.25) is 0 Å². The minimum atomic E-state index is -0.364. The lowest BCUT2D eigenvalue weighted by Gasteiger charge is -2.10. The van der Waals surface area contributed by atoms with Crippen LogP contribution in [0.1, 0.15) is 29.2 Å². The number of hydrogen-bond acceptors (Lipinski definition) is 2. The third kappa shape index (κ3) is 2.65. The monoisotopic (exact) mass is 292 g/mol. The van der Waals surface area contributed by atoms with Crippen LogP contribution >= 0.6 is 11.6 Å². The maximum Gasteiger partial charge on any atom is 0.123 e. The SMILES string of the molecule is OC1CCc2cc(OCc3cc(F)ccc3Cl)ccc21. The molecule has 1 aliphatic rings. The highest BCUT2D eigenvalue weighted by molar-refractivity contribution is 6.31. The van der Waals surface area contributed by atoms with E-state index in [1.54, 1.807) is 0 Å². The van der Waals surface area contributed by atoms with E-state index in [0.717, 1.165) is 24.0 Å². The molecule has 0 bridgehead atoms. The molecule has 0 aromatic heterocycles. The predicted molar refractivity (Wildman–Crippen MR) is 75.5 cm³/mol. The molecule has 104 valence electrons. The Morgan fingerprint density at radius 3 is 2.95 bits per heavy atom. The summed E-state index contributed by atoms with van der Waals surface area (Å²) in [6.45, 7) is 0.220. The number of rotatable bonds is 3. The lowest BCUT2D eigenvalue weighted by molar-refractivity contribution is 0.180. The van der Waals surface area contributed by atoms with Crippen LogP contribution in [0.2, 0.25) is 5.02 Å². The van der Waals surface area contributed by atoms with E-state index >= 15 is 0 Å². The van der Waals surface area contributed by atoms with Crippen molar-refractivity contribution in [1.82, 2.24) is 0 Å². The molecule has 0 fully saturated rings. The van der Waals surface area contributed by atoms with Gasteiger partial charge in [-0.1, -0.05) is 17.7 Å². The molecule has 0 aliphatic heterocycles. The van der Waals surface area contributed by atoms with E-state index in [1.807, 2.05) is 18.2 Å². The van der Waals surface area contributed by atoms with E-state index in [1.165, 1.54) is 18.2 Å². The molecule has 2 nitrogen and oxygen atoms in total. The second-order valence-electron chi connectivity index (χ2n) is 4.94. The van der Waals surface area contributed by atoms with Crippen molar-refractivity contribution in [2.24, 2.45) is 0 Å². The van der Waals surface area contributed by atoms with Gasteiger partial charge < -0.3 is 9.84 Å². The van der Waals surface area contributed by atoms with Crippen LogP contribution in [0.4, 0.5) is 4.39 Å². The van der Waals surface area contributed by atoms with Gasteiger partial charge in [0.15, 0.2) is 0 Å². The van der Waals surface area contributed by atoms with Crippen LogP contribution in [0, 0.1) is 5.82 Å². The molecule has 0 saturated heterocycles. The largest absolute Gasteiger partial charge is 0.489 e. The van der Waals surface area contributed by atoms with E-state index in [-0.39, 0.29) is 18.5 Å². The van der Waals surface area contributed by atoms with Crippen molar-refractivity contribution in [1.29, 1.82) is 0 Å². The summed E-state index contributed by atoms with van der Waals surface area (Å²) in [6.07, 6.45) is 1.25. The lowest BCUT2D eigenvalue weighted by atomic mass is 10.1. The minimum Gasteiger partial charge on any atom is -0.489 e. The van der Waals surface area contributed by atoms with Gasteiger partial charge in [-0.2, -0.15) is 0 Å². The van der Waals surface area contributed by atoms with Crippen LogP contribution in [0.5, 0.6) is 5.75 Å². The van der Waals surface area contributed by atoms with Crippen LogP contribution in [0.25, 0.3) is 0 Å². The second kappa shape index (κ2) is 5.43. The van der Waals surface area contributed by atoms with Gasteiger partial charge >= 0.3 is 0 Å². The van der Waals surface area contributed by atoms with Gasteiger partial charge in [-0.15, -0.1) is 0 Å². The number of fused-ring (bicyclic) bond motifs is 1. The maximum absolute atomic E-state index is 13.2. The molecule has 0 spiro atoms. The Labute approximate surface area is 121 Å². The molecule has 4 heteroatoms. The number of hydrogen-bond donors (Lipinski definition) is 1. The molecule has 1 N–H and O–H groups in total. The zero-order valence-corrected chi connectivity index (χ0v) is 11.5. The van der Waals surface area contributed by atoms with Crippen LogP contribution in [0.15, 0.2) is 36.4 Å². The first kappa shape index (κ1) is 13.4. The lowest BCUT2D eigenvalue weighted by Crippen LogP contribution is -1.98. The molecule has 20 heavy (non-hydrogen) atoms.